The molecular formula is C12H20N2O2. The fraction of sp³-hybridized carbons (Fsp3) is 0.833. The van der Waals surface area contributed by atoms with E-state index in [1.54, 1.807) is 4.90 Å². The first-order valence-corrected chi connectivity index (χ1v) is 5.77. The molecule has 1 rings (SSSR count). The molecule has 0 saturated carbocycles. The van der Waals surface area contributed by atoms with Gasteiger partial charge in [-0.3, -0.25) is 0 Å². The average Bonchev–Trinajstić information content (AvgIpc) is 2.59. The normalized spacial score (nSPS) is 20.6. The molecule has 0 aromatic rings. The molecule has 0 aromatic heterocycles. The smallest absolute Gasteiger partial charge is 0.410 e. The first-order chi connectivity index (χ1) is 7.44. The SMILES string of the molecule is [C-]#[N+]CCC1CCCN1C(=O)OC(C)(C)C. The molecule has 0 aliphatic carbocycles. The van der Waals surface area contributed by atoms with Crippen molar-refractivity contribution in [2.75, 3.05) is 13.1 Å². The fourth-order valence-corrected chi connectivity index (χ4v) is 1.91. The average molecular weight is 224 g/mol. The van der Waals surface area contributed by atoms with Gasteiger partial charge in [0.25, 0.3) is 0 Å². The standard InChI is InChI=1S/C12H20N2O2/c1-12(2,3)16-11(15)14-9-5-6-10(14)7-8-13-4/h10H,5-9H2,1-3H3. The van der Waals surface area contributed by atoms with E-state index >= 15 is 0 Å². The molecule has 0 N–H and O–H groups in total. The Bertz CT molecular complexity index is 288. The molecule has 0 radical (unpaired) electrons. The number of likely N-dealkylation sites (tertiary alicyclic amines) is 1. The van der Waals surface area contributed by atoms with Crippen molar-refractivity contribution < 1.29 is 9.53 Å². The third-order valence-electron chi connectivity index (χ3n) is 2.58. The maximum atomic E-state index is 11.9. The molecule has 1 aliphatic rings. The zero-order valence-electron chi connectivity index (χ0n) is 10.3. The summed E-state index contributed by atoms with van der Waals surface area (Å²) in [5.41, 5.74) is -0.440. The van der Waals surface area contributed by atoms with Crippen LogP contribution in [-0.4, -0.2) is 35.7 Å². The van der Waals surface area contributed by atoms with Crippen molar-refractivity contribution in [3.8, 4) is 0 Å². The molecule has 1 aliphatic heterocycles. The van der Waals surface area contributed by atoms with Gasteiger partial charge < -0.3 is 14.5 Å². The van der Waals surface area contributed by atoms with Gasteiger partial charge in [0.2, 0.25) is 6.54 Å². The molecule has 1 amide bonds. The van der Waals surface area contributed by atoms with Gasteiger partial charge in [-0.2, -0.15) is 0 Å². The van der Waals surface area contributed by atoms with Gasteiger partial charge in [-0.25, -0.2) is 11.4 Å². The highest BCUT2D eigenvalue weighted by Gasteiger charge is 2.32. The van der Waals surface area contributed by atoms with Crippen LogP contribution in [0.5, 0.6) is 0 Å². The van der Waals surface area contributed by atoms with Crippen molar-refractivity contribution in [1.29, 1.82) is 0 Å². The predicted octanol–water partition coefficient (Wildman–Crippen LogP) is 2.70. The van der Waals surface area contributed by atoms with Crippen LogP contribution < -0.4 is 0 Å². The van der Waals surface area contributed by atoms with E-state index < -0.39 is 5.60 Å². The van der Waals surface area contributed by atoms with Crippen LogP contribution in [0.15, 0.2) is 0 Å². The topological polar surface area (TPSA) is 33.9 Å². The molecule has 1 unspecified atom stereocenters. The van der Waals surface area contributed by atoms with Gasteiger partial charge in [0, 0.05) is 19.0 Å². The number of nitrogens with zero attached hydrogens (tertiary/aromatic N) is 2. The summed E-state index contributed by atoms with van der Waals surface area (Å²) in [6.07, 6.45) is 2.54. The van der Waals surface area contributed by atoms with Crippen LogP contribution in [0, 0.1) is 6.57 Å². The minimum Gasteiger partial charge on any atom is -0.444 e. The van der Waals surface area contributed by atoms with Crippen molar-refractivity contribution >= 4 is 6.09 Å². The molecule has 0 bridgehead atoms. The predicted molar refractivity (Wildman–Crippen MR) is 62.0 cm³/mol. The Balaban J connectivity index is 2.51. The molecule has 1 atom stereocenters. The Labute approximate surface area is 97.4 Å². The summed E-state index contributed by atoms with van der Waals surface area (Å²) >= 11 is 0. The second-order valence-corrected chi connectivity index (χ2v) is 5.14. The van der Waals surface area contributed by atoms with Crippen molar-refractivity contribution in [2.45, 2.75) is 51.7 Å². The molecule has 16 heavy (non-hydrogen) atoms. The van der Waals surface area contributed by atoms with Crippen LogP contribution in [0.3, 0.4) is 0 Å². The van der Waals surface area contributed by atoms with E-state index in [9.17, 15) is 4.79 Å². The van der Waals surface area contributed by atoms with Crippen LogP contribution >= 0.6 is 0 Å². The van der Waals surface area contributed by atoms with E-state index in [4.69, 9.17) is 11.3 Å². The number of carbonyl (C=O) groups is 1. The van der Waals surface area contributed by atoms with Gasteiger partial charge in [0.05, 0.1) is 0 Å². The highest BCUT2D eigenvalue weighted by molar-refractivity contribution is 5.68. The highest BCUT2D eigenvalue weighted by atomic mass is 16.6. The Morgan fingerprint density at radius 3 is 2.81 bits per heavy atom. The van der Waals surface area contributed by atoms with E-state index in [1.165, 1.54) is 0 Å². The molecule has 1 saturated heterocycles. The summed E-state index contributed by atoms with van der Waals surface area (Å²) in [7, 11) is 0. The summed E-state index contributed by atoms with van der Waals surface area (Å²) in [5.74, 6) is 0. The summed E-state index contributed by atoms with van der Waals surface area (Å²) in [4.78, 5) is 17.0. The Morgan fingerprint density at radius 2 is 2.25 bits per heavy atom. The fourth-order valence-electron chi connectivity index (χ4n) is 1.91. The Kier molecular flexibility index (Phi) is 4.17. The lowest BCUT2D eigenvalue weighted by atomic mass is 10.1. The largest absolute Gasteiger partial charge is 0.444 e. The van der Waals surface area contributed by atoms with E-state index in [0.29, 0.717) is 6.54 Å². The zero-order chi connectivity index (χ0) is 12.2. The number of hydrogen-bond donors (Lipinski definition) is 0. The summed E-state index contributed by atoms with van der Waals surface area (Å²) < 4.78 is 5.34. The van der Waals surface area contributed by atoms with Gasteiger partial charge in [0.15, 0.2) is 0 Å². The van der Waals surface area contributed by atoms with Crippen molar-refractivity contribution in [1.82, 2.24) is 4.90 Å². The lowest BCUT2D eigenvalue weighted by Crippen LogP contribution is -2.40. The van der Waals surface area contributed by atoms with E-state index in [0.717, 1.165) is 25.8 Å². The molecule has 90 valence electrons. The maximum Gasteiger partial charge on any atom is 0.410 e. The number of hydrogen-bond acceptors (Lipinski definition) is 2. The van der Waals surface area contributed by atoms with Gasteiger partial charge in [-0.1, -0.05) is 0 Å². The van der Waals surface area contributed by atoms with Crippen LogP contribution in [-0.2, 0) is 4.74 Å². The number of rotatable bonds is 2. The third kappa shape index (κ3) is 3.73. The second kappa shape index (κ2) is 5.20. The first kappa shape index (κ1) is 12.8. The zero-order valence-corrected chi connectivity index (χ0v) is 10.3. The van der Waals surface area contributed by atoms with Crippen molar-refractivity contribution in [3.63, 3.8) is 0 Å². The van der Waals surface area contributed by atoms with Gasteiger partial charge >= 0.3 is 6.09 Å². The third-order valence-corrected chi connectivity index (χ3v) is 2.58. The number of carbonyl (C=O) groups excluding carboxylic acids is 1. The van der Waals surface area contributed by atoms with Crippen LogP contribution in [0.4, 0.5) is 4.79 Å². The Morgan fingerprint density at radius 1 is 1.56 bits per heavy atom. The quantitative estimate of drug-likeness (QED) is 0.676. The van der Waals surface area contributed by atoms with Crippen LogP contribution in [0.1, 0.15) is 40.0 Å². The molecule has 4 nitrogen and oxygen atoms in total. The molecule has 1 heterocycles. The summed E-state index contributed by atoms with van der Waals surface area (Å²) in [6, 6.07) is 0.198. The Hall–Kier alpha value is -1.24. The van der Waals surface area contributed by atoms with E-state index in [1.807, 2.05) is 20.8 Å². The van der Waals surface area contributed by atoms with E-state index in [2.05, 4.69) is 4.85 Å². The molecule has 0 spiro atoms. The summed E-state index contributed by atoms with van der Waals surface area (Å²) in [5, 5.41) is 0. The second-order valence-electron chi connectivity index (χ2n) is 5.14. The lowest BCUT2D eigenvalue weighted by molar-refractivity contribution is 0.0223. The molecule has 0 aromatic carbocycles. The van der Waals surface area contributed by atoms with E-state index in [-0.39, 0.29) is 12.1 Å². The van der Waals surface area contributed by atoms with Crippen molar-refractivity contribution in [2.24, 2.45) is 0 Å². The monoisotopic (exact) mass is 224 g/mol. The molecule has 4 heteroatoms. The maximum absolute atomic E-state index is 11.9. The number of ether oxygens (including phenoxy) is 1. The van der Waals surface area contributed by atoms with Crippen LogP contribution in [0.25, 0.3) is 4.85 Å². The summed E-state index contributed by atoms with van der Waals surface area (Å²) in [6.45, 7) is 13.6. The minimum atomic E-state index is -0.440. The number of amides is 1. The lowest BCUT2D eigenvalue weighted by Gasteiger charge is -2.27. The highest BCUT2D eigenvalue weighted by Crippen LogP contribution is 2.22. The van der Waals surface area contributed by atoms with Crippen molar-refractivity contribution in [3.05, 3.63) is 11.4 Å². The van der Waals surface area contributed by atoms with Gasteiger partial charge in [0.1, 0.15) is 5.60 Å². The minimum absolute atomic E-state index is 0.198. The molecule has 1 fully saturated rings. The first-order valence-electron chi connectivity index (χ1n) is 5.77. The van der Waals surface area contributed by atoms with Gasteiger partial charge in [-0.05, 0) is 33.6 Å². The molecular weight excluding hydrogens is 204 g/mol. The van der Waals surface area contributed by atoms with Crippen LogP contribution in [0.2, 0.25) is 0 Å². The van der Waals surface area contributed by atoms with Gasteiger partial charge in [-0.15, -0.1) is 0 Å².